The number of carbonyl (C=O) groups excluding carboxylic acids is 1. The van der Waals surface area contributed by atoms with Crippen molar-refractivity contribution < 1.29 is 13.9 Å². The fraction of sp³-hybridized carbons (Fsp3) is 0.100. The van der Waals surface area contributed by atoms with Crippen molar-refractivity contribution in [3.8, 4) is 0 Å². The quantitative estimate of drug-likeness (QED) is 0.735. The van der Waals surface area contributed by atoms with Crippen LogP contribution in [0.3, 0.4) is 0 Å². The molecule has 14 heavy (non-hydrogen) atoms. The van der Waals surface area contributed by atoms with Gasteiger partial charge in [0.15, 0.2) is 0 Å². The second-order valence-corrected chi connectivity index (χ2v) is 3.69. The molecule has 0 aliphatic rings. The molecule has 0 fully saturated rings. The Morgan fingerprint density at radius 3 is 3.00 bits per heavy atom. The van der Waals surface area contributed by atoms with Crippen LogP contribution in [0.1, 0.15) is 10.4 Å². The molecule has 0 aliphatic heterocycles. The van der Waals surface area contributed by atoms with E-state index in [0.29, 0.717) is 11.1 Å². The van der Waals surface area contributed by atoms with Crippen molar-refractivity contribution in [1.82, 2.24) is 0 Å². The van der Waals surface area contributed by atoms with E-state index in [0.717, 1.165) is 9.86 Å². The number of fused-ring (bicyclic) bond motifs is 1. The number of furan rings is 1. The summed E-state index contributed by atoms with van der Waals surface area (Å²) in [5.74, 6) is -0.363. The molecule has 1 aromatic carbocycles. The predicted molar refractivity (Wildman–Crippen MR) is 55.3 cm³/mol. The Balaban J connectivity index is 2.72. The van der Waals surface area contributed by atoms with Crippen molar-refractivity contribution in [2.45, 2.75) is 0 Å². The summed E-state index contributed by atoms with van der Waals surface area (Å²) >= 11 is 3.30. The minimum atomic E-state index is -0.363. The van der Waals surface area contributed by atoms with Gasteiger partial charge in [-0.1, -0.05) is 15.9 Å². The number of esters is 1. The number of rotatable bonds is 1. The molecule has 72 valence electrons. The molecule has 2 rings (SSSR count). The van der Waals surface area contributed by atoms with Crippen LogP contribution in [0.4, 0.5) is 0 Å². The SMILES string of the molecule is COC(=O)c1cc(Br)cc2occc12. The lowest BCUT2D eigenvalue weighted by Gasteiger charge is -2.01. The molecule has 0 aliphatic carbocycles. The smallest absolute Gasteiger partial charge is 0.338 e. The Bertz CT molecular complexity index is 487. The molecule has 0 saturated carbocycles. The monoisotopic (exact) mass is 254 g/mol. The van der Waals surface area contributed by atoms with Gasteiger partial charge in [-0.15, -0.1) is 0 Å². The van der Waals surface area contributed by atoms with Gasteiger partial charge in [-0.25, -0.2) is 4.79 Å². The largest absolute Gasteiger partial charge is 0.465 e. The summed E-state index contributed by atoms with van der Waals surface area (Å²) in [6, 6.07) is 5.26. The molecule has 0 atom stereocenters. The van der Waals surface area contributed by atoms with E-state index in [4.69, 9.17) is 4.42 Å². The van der Waals surface area contributed by atoms with Crippen LogP contribution in [-0.4, -0.2) is 13.1 Å². The Morgan fingerprint density at radius 2 is 2.29 bits per heavy atom. The number of methoxy groups -OCH3 is 1. The molecule has 1 aromatic heterocycles. The molecular formula is C10H7BrO3. The minimum Gasteiger partial charge on any atom is -0.465 e. The predicted octanol–water partition coefficient (Wildman–Crippen LogP) is 2.98. The van der Waals surface area contributed by atoms with Crippen LogP contribution in [0.5, 0.6) is 0 Å². The van der Waals surface area contributed by atoms with Gasteiger partial charge in [0.1, 0.15) is 5.58 Å². The Morgan fingerprint density at radius 1 is 1.50 bits per heavy atom. The normalized spacial score (nSPS) is 10.4. The van der Waals surface area contributed by atoms with Crippen LogP contribution in [0.25, 0.3) is 11.0 Å². The van der Waals surface area contributed by atoms with Gasteiger partial charge in [-0.05, 0) is 18.2 Å². The zero-order valence-corrected chi connectivity index (χ0v) is 9.00. The van der Waals surface area contributed by atoms with Gasteiger partial charge < -0.3 is 9.15 Å². The molecule has 0 saturated heterocycles. The van der Waals surface area contributed by atoms with Gasteiger partial charge in [0, 0.05) is 9.86 Å². The first-order chi connectivity index (χ1) is 6.72. The third-order valence-electron chi connectivity index (χ3n) is 1.94. The third-order valence-corrected chi connectivity index (χ3v) is 2.40. The standard InChI is InChI=1S/C10H7BrO3/c1-13-10(12)8-4-6(11)5-9-7(8)2-3-14-9/h2-5H,1H3. The van der Waals surface area contributed by atoms with Gasteiger partial charge in [0.25, 0.3) is 0 Å². The van der Waals surface area contributed by atoms with E-state index in [9.17, 15) is 4.79 Å². The first-order valence-electron chi connectivity index (χ1n) is 3.97. The Hall–Kier alpha value is -1.29. The Labute approximate surface area is 88.8 Å². The number of halogens is 1. The van der Waals surface area contributed by atoms with E-state index >= 15 is 0 Å². The summed E-state index contributed by atoms with van der Waals surface area (Å²) in [7, 11) is 1.36. The van der Waals surface area contributed by atoms with Crippen molar-refractivity contribution in [2.24, 2.45) is 0 Å². The van der Waals surface area contributed by atoms with Crippen LogP contribution >= 0.6 is 15.9 Å². The highest BCUT2D eigenvalue weighted by Crippen LogP contribution is 2.25. The van der Waals surface area contributed by atoms with E-state index < -0.39 is 0 Å². The molecule has 1 heterocycles. The molecule has 0 radical (unpaired) electrons. The summed E-state index contributed by atoms with van der Waals surface area (Å²) < 4.78 is 10.7. The van der Waals surface area contributed by atoms with Crippen molar-refractivity contribution in [2.75, 3.05) is 7.11 Å². The van der Waals surface area contributed by atoms with Gasteiger partial charge in [-0.3, -0.25) is 0 Å². The molecule has 2 aromatic rings. The number of ether oxygens (including phenoxy) is 1. The zero-order chi connectivity index (χ0) is 10.1. The molecule has 3 nitrogen and oxygen atoms in total. The first kappa shape index (κ1) is 9.27. The lowest BCUT2D eigenvalue weighted by molar-refractivity contribution is 0.0603. The summed E-state index contributed by atoms with van der Waals surface area (Å²) in [5, 5.41) is 0.764. The highest BCUT2D eigenvalue weighted by Gasteiger charge is 2.12. The molecule has 0 N–H and O–H groups in total. The molecule has 0 amide bonds. The Kier molecular flexibility index (Phi) is 2.29. The maximum atomic E-state index is 11.4. The molecule has 0 spiro atoms. The molecule has 0 unspecified atom stereocenters. The van der Waals surface area contributed by atoms with Gasteiger partial charge in [0.2, 0.25) is 0 Å². The summed E-state index contributed by atoms with van der Waals surface area (Å²) in [6.07, 6.45) is 1.55. The number of benzene rings is 1. The average Bonchev–Trinajstić information content (AvgIpc) is 2.62. The first-order valence-corrected chi connectivity index (χ1v) is 4.77. The maximum Gasteiger partial charge on any atom is 0.338 e. The topological polar surface area (TPSA) is 39.4 Å². The second-order valence-electron chi connectivity index (χ2n) is 2.78. The van der Waals surface area contributed by atoms with E-state index in [-0.39, 0.29) is 5.97 Å². The van der Waals surface area contributed by atoms with Crippen molar-refractivity contribution in [1.29, 1.82) is 0 Å². The fourth-order valence-corrected chi connectivity index (χ4v) is 1.75. The van der Waals surface area contributed by atoms with E-state index in [1.165, 1.54) is 7.11 Å². The van der Waals surface area contributed by atoms with E-state index in [1.807, 2.05) is 6.07 Å². The summed E-state index contributed by atoms with van der Waals surface area (Å²) in [5.41, 5.74) is 1.17. The van der Waals surface area contributed by atoms with Crippen LogP contribution < -0.4 is 0 Å². The van der Waals surface area contributed by atoms with Crippen molar-refractivity contribution >= 4 is 32.9 Å². The van der Waals surface area contributed by atoms with Crippen LogP contribution in [-0.2, 0) is 4.74 Å². The maximum absolute atomic E-state index is 11.4. The van der Waals surface area contributed by atoms with Crippen LogP contribution in [0.15, 0.2) is 33.4 Å². The van der Waals surface area contributed by atoms with Gasteiger partial charge >= 0.3 is 5.97 Å². The highest BCUT2D eigenvalue weighted by atomic mass is 79.9. The fourth-order valence-electron chi connectivity index (χ4n) is 1.32. The number of carbonyl (C=O) groups is 1. The number of hydrogen-bond acceptors (Lipinski definition) is 3. The van der Waals surface area contributed by atoms with Gasteiger partial charge in [0.05, 0.1) is 18.9 Å². The zero-order valence-electron chi connectivity index (χ0n) is 7.41. The second kappa shape index (κ2) is 3.46. The minimum absolute atomic E-state index is 0.363. The number of hydrogen-bond donors (Lipinski definition) is 0. The van der Waals surface area contributed by atoms with E-state index in [1.54, 1.807) is 18.4 Å². The average molecular weight is 255 g/mol. The van der Waals surface area contributed by atoms with Crippen molar-refractivity contribution in [3.05, 3.63) is 34.5 Å². The lowest BCUT2D eigenvalue weighted by Crippen LogP contribution is -2.01. The molecule has 0 bridgehead atoms. The summed E-state index contributed by atoms with van der Waals surface area (Å²) in [4.78, 5) is 11.4. The lowest BCUT2D eigenvalue weighted by atomic mass is 10.1. The van der Waals surface area contributed by atoms with Gasteiger partial charge in [-0.2, -0.15) is 0 Å². The summed E-state index contributed by atoms with van der Waals surface area (Å²) in [6.45, 7) is 0. The van der Waals surface area contributed by atoms with E-state index in [2.05, 4.69) is 20.7 Å². The molecular weight excluding hydrogens is 248 g/mol. The highest BCUT2D eigenvalue weighted by molar-refractivity contribution is 9.10. The third kappa shape index (κ3) is 1.42. The van der Waals surface area contributed by atoms with Crippen LogP contribution in [0, 0.1) is 0 Å². The van der Waals surface area contributed by atoms with Crippen LogP contribution in [0.2, 0.25) is 0 Å². The molecule has 4 heteroatoms. The van der Waals surface area contributed by atoms with Crippen molar-refractivity contribution in [3.63, 3.8) is 0 Å².